The smallest absolute Gasteiger partial charge is 0.298 e. The molecule has 12 heteroatoms. The standard InChI is InChI=1S/CH6O9P3/c1-7-13(6)9-11(2,3)8-12(4,5)10-13/h2-3,6H,1H3/q+1/p+1. The Morgan fingerprint density at radius 1 is 1.31 bits per heavy atom. The summed E-state index contributed by atoms with van der Waals surface area (Å²) in [6, 6.07) is 0. The maximum Gasteiger partial charge on any atom is 0.632 e. The fourth-order valence-electron chi connectivity index (χ4n) is 0.511. The van der Waals surface area contributed by atoms with Crippen molar-refractivity contribution >= 4 is 24.2 Å². The Morgan fingerprint density at radius 3 is 2.23 bits per heavy atom. The zero-order valence-corrected chi connectivity index (χ0v) is 8.86. The summed E-state index contributed by atoms with van der Waals surface area (Å²) < 4.78 is 26.7. The van der Waals surface area contributed by atoms with E-state index in [1.807, 2.05) is 0 Å². The molecule has 78 valence electrons. The second-order valence-corrected chi connectivity index (χ2v) is 7.04. The Labute approximate surface area is 73.8 Å². The fourth-order valence-corrected chi connectivity index (χ4v) is 5.40. The Bertz CT molecular complexity index is 249. The van der Waals surface area contributed by atoms with Crippen LogP contribution in [0.4, 0.5) is 0 Å². The second kappa shape index (κ2) is 3.41. The van der Waals surface area contributed by atoms with Crippen LogP contribution in [0.2, 0.25) is 0 Å². The zero-order valence-electron chi connectivity index (χ0n) is 6.17. The van der Waals surface area contributed by atoms with Crippen molar-refractivity contribution in [3.05, 3.63) is 0 Å². The van der Waals surface area contributed by atoms with Gasteiger partial charge >= 0.3 is 24.2 Å². The lowest BCUT2D eigenvalue weighted by atomic mass is 11.8. The molecule has 4 N–H and O–H groups in total. The highest BCUT2D eigenvalue weighted by molar-refractivity contribution is 7.79. The van der Waals surface area contributed by atoms with Gasteiger partial charge < -0.3 is 0 Å². The highest BCUT2D eigenvalue weighted by Crippen LogP contribution is 2.86. The lowest BCUT2D eigenvalue weighted by Crippen LogP contribution is -2.12. The number of phosphoric acid groups is 1. The van der Waals surface area contributed by atoms with Crippen LogP contribution in [-0.4, -0.2) is 26.7 Å². The second-order valence-electron chi connectivity index (χ2n) is 1.86. The lowest BCUT2D eigenvalue weighted by Gasteiger charge is -2.18. The van der Waals surface area contributed by atoms with Gasteiger partial charge in [0.2, 0.25) is 0 Å². The third-order valence-corrected chi connectivity index (χ3v) is 6.32. The van der Waals surface area contributed by atoms with Gasteiger partial charge in [-0.2, -0.15) is 19.2 Å². The normalized spacial score (nSPS) is 44.7. The Kier molecular flexibility index (Phi) is 3.11. The molecule has 13 heavy (non-hydrogen) atoms. The molecular weight excluding hydrogens is 249 g/mol. The quantitative estimate of drug-likeness (QED) is 0.482. The van der Waals surface area contributed by atoms with Gasteiger partial charge in [-0.15, -0.1) is 0 Å². The van der Waals surface area contributed by atoms with E-state index >= 15 is 0 Å². The third kappa shape index (κ3) is 3.13. The lowest BCUT2D eigenvalue weighted by molar-refractivity contribution is 0.110. The van der Waals surface area contributed by atoms with E-state index in [4.69, 9.17) is 19.6 Å². The maximum atomic E-state index is 10.8. The van der Waals surface area contributed by atoms with Gasteiger partial charge in [-0.3, -0.25) is 4.89 Å². The molecule has 0 aromatic heterocycles. The number of hydrogen-bond donors (Lipinski definition) is 4. The summed E-state index contributed by atoms with van der Waals surface area (Å²) in [5, 5.41) is 0. The topological polar surface area (TPSA) is 135 Å². The van der Waals surface area contributed by atoms with Crippen molar-refractivity contribution < 1.29 is 41.6 Å². The minimum Gasteiger partial charge on any atom is -0.298 e. The molecule has 0 spiro atoms. The van der Waals surface area contributed by atoms with Crippen LogP contribution in [0.25, 0.3) is 0 Å². The van der Waals surface area contributed by atoms with Crippen molar-refractivity contribution in [2.45, 2.75) is 0 Å². The van der Waals surface area contributed by atoms with Crippen LogP contribution >= 0.6 is 24.2 Å². The van der Waals surface area contributed by atoms with E-state index in [2.05, 4.69) is 17.5 Å². The molecule has 0 bridgehead atoms. The van der Waals surface area contributed by atoms with Crippen LogP contribution in [0, 0.1) is 0 Å². The summed E-state index contributed by atoms with van der Waals surface area (Å²) in [5.74, 6) is 0. The zero-order chi connectivity index (χ0) is 10.3. The van der Waals surface area contributed by atoms with E-state index in [9.17, 15) is 4.57 Å². The van der Waals surface area contributed by atoms with Crippen molar-refractivity contribution in [1.82, 2.24) is 0 Å². The molecule has 2 atom stereocenters. The van der Waals surface area contributed by atoms with Crippen molar-refractivity contribution in [2.75, 3.05) is 7.11 Å². The van der Waals surface area contributed by atoms with Gasteiger partial charge in [0.15, 0.2) is 0 Å². The summed E-state index contributed by atoms with van der Waals surface area (Å²) >= 11 is 0. The van der Waals surface area contributed by atoms with Crippen LogP contribution in [0.1, 0.15) is 0 Å². The van der Waals surface area contributed by atoms with Crippen LogP contribution < -0.4 is 0 Å². The van der Waals surface area contributed by atoms with Crippen molar-refractivity contribution in [1.29, 1.82) is 0 Å². The molecule has 1 aliphatic rings. The van der Waals surface area contributed by atoms with E-state index < -0.39 is 24.2 Å². The first-order valence-corrected chi connectivity index (χ1v) is 7.19. The van der Waals surface area contributed by atoms with Crippen molar-refractivity contribution in [3.63, 3.8) is 0 Å². The molecule has 0 radical (unpaired) electrons. The van der Waals surface area contributed by atoms with Gasteiger partial charge in [0.25, 0.3) is 0 Å². The molecule has 9 nitrogen and oxygen atoms in total. The molecule has 2 unspecified atom stereocenters. The van der Waals surface area contributed by atoms with E-state index in [1.54, 1.807) is 0 Å². The van der Waals surface area contributed by atoms with Crippen LogP contribution in [0.3, 0.4) is 0 Å². The Balaban J connectivity index is 2.90. The predicted octanol–water partition coefficient (Wildman–Crippen LogP) is 0.129. The Morgan fingerprint density at radius 2 is 1.85 bits per heavy atom. The van der Waals surface area contributed by atoms with Crippen LogP contribution in [0.5, 0.6) is 0 Å². The number of rotatable bonds is 1. The van der Waals surface area contributed by atoms with Crippen molar-refractivity contribution in [3.8, 4) is 0 Å². The first-order chi connectivity index (χ1) is 5.68. The highest BCUT2D eigenvalue weighted by Gasteiger charge is 2.74. The molecule has 0 saturated carbocycles. The summed E-state index contributed by atoms with van der Waals surface area (Å²) in [6.45, 7) is 0. The average molecular weight is 256 g/mol. The predicted molar refractivity (Wildman–Crippen MR) is 40.6 cm³/mol. The number of hydrogen-bond acceptors (Lipinski definition) is 8. The minimum absolute atomic E-state index is 0.902. The summed E-state index contributed by atoms with van der Waals surface area (Å²) in [6.07, 6.45) is 0. The van der Waals surface area contributed by atoms with E-state index in [0.29, 0.717) is 0 Å². The van der Waals surface area contributed by atoms with Gasteiger partial charge in [0, 0.05) is 0 Å². The SMILES string of the molecule is CO[P+]1(O)OP(=O)(O)O[P+](O)(O)O1. The summed E-state index contributed by atoms with van der Waals surface area (Å²) in [7, 11) is -12.6. The molecule has 1 aliphatic heterocycles. The average Bonchev–Trinajstić information content (AvgIpc) is 1.79. The molecule has 0 aromatic carbocycles. The minimum atomic E-state index is -4.75. The third-order valence-electron chi connectivity index (χ3n) is 0.856. The molecule has 1 saturated heterocycles. The van der Waals surface area contributed by atoms with Gasteiger partial charge in [-0.25, -0.2) is 4.57 Å². The molecule has 0 amide bonds. The van der Waals surface area contributed by atoms with Gasteiger partial charge in [0.05, 0.1) is 11.4 Å². The van der Waals surface area contributed by atoms with E-state index in [1.165, 1.54) is 0 Å². The first kappa shape index (κ1) is 11.8. The van der Waals surface area contributed by atoms with Crippen molar-refractivity contribution in [2.24, 2.45) is 0 Å². The molecule has 0 aliphatic carbocycles. The van der Waals surface area contributed by atoms with Gasteiger partial charge in [0.1, 0.15) is 0 Å². The fraction of sp³-hybridized carbons (Fsp3) is 1.00. The molecule has 1 heterocycles. The largest absolute Gasteiger partial charge is 0.632 e. The monoisotopic (exact) mass is 256 g/mol. The Hall–Kier alpha value is 0.770. The molecule has 1 fully saturated rings. The van der Waals surface area contributed by atoms with Gasteiger partial charge in [-0.1, -0.05) is 0 Å². The summed E-state index contributed by atoms with van der Waals surface area (Å²) in [4.78, 5) is 35.3. The first-order valence-electron chi connectivity index (χ1n) is 2.67. The van der Waals surface area contributed by atoms with Crippen LogP contribution in [-0.2, 0) is 22.0 Å². The van der Waals surface area contributed by atoms with Crippen LogP contribution in [0.15, 0.2) is 0 Å². The summed E-state index contributed by atoms with van der Waals surface area (Å²) in [5.41, 5.74) is 0. The van der Waals surface area contributed by atoms with Gasteiger partial charge in [-0.05, 0) is 8.62 Å². The highest BCUT2D eigenvalue weighted by atomic mass is 31.4. The maximum absolute atomic E-state index is 10.8. The van der Waals surface area contributed by atoms with E-state index in [0.717, 1.165) is 7.11 Å². The van der Waals surface area contributed by atoms with E-state index in [-0.39, 0.29) is 0 Å². The molecular formula is CH7O9P3+2. The molecule has 1 rings (SSSR count). The molecule has 0 aromatic rings.